The second-order valence-electron chi connectivity index (χ2n) is 5.35. The molecule has 0 saturated carbocycles. The summed E-state index contributed by atoms with van der Waals surface area (Å²) in [7, 11) is 0. The second-order valence-corrected chi connectivity index (χ2v) is 6.23. The molecular weight excluding hydrogens is 252 g/mol. The highest BCUT2D eigenvalue weighted by Crippen LogP contribution is 2.19. The Kier molecular flexibility index (Phi) is 5.74. The fourth-order valence-corrected chi connectivity index (χ4v) is 3.17. The van der Waals surface area contributed by atoms with Crippen molar-refractivity contribution in [3.05, 3.63) is 29.8 Å². The van der Waals surface area contributed by atoms with E-state index in [-0.39, 0.29) is 0 Å². The van der Waals surface area contributed by atoms with Crippen molar-refractivity contribution in [2.45, 2.75) is 50.2 Å². The summed E-state index contributed by atoms with van der Waals surface area (Å²) in [6, 6.07) is 10.4. The van der Waals surface area contributed by atoms with Gasteiger partial charge in [0.1, 0.15) is 0 Å². The van der Waals surface area contributed by atoms with Crippen LogP contribution in [0.1, 0.15) is 32.3 Å². The Morgan fingerprint density at radius 3 is 2.53 bits per heavy atom. The molecule has 2 nitrogen and oxygen atoms in total. The van der Waals surface area contributed by atoms with Gasteiger partial charge in [0.05, 0.1) is 0 Å². The van der Waals surface area contributed by atoms with Crippen LogP contribution in [-0.4, -0.2) is 36.3 Å². The Balaban J connectivity index is 2.01. The Hall–Kier alpha value is -0.510. The van der Waals surface area contributed by atoms with E-state index >= 15 is 0 Å². The monoisotopic (exact) mass is 278 g/mol. The molecule has 1 N–H and O–H groups in total. The molecule has 0 aliphatic carbocycles. The van der Waals surface area contributed by atoms with Crippen LogP contribution >= 0.6 is 11.8 Å². The van der Waals surface area contributed by atoms with E-state index in [1.165, 1.54) is 29.8 Å². The molecule has 2 unspecified atom stereocenters. The molecular formula is C16H26N2S. The molecule has 1 aliphatic rings. The number of thioether (sulfide) groups is 1. The topological polar surface area (TPSA) is 15.3 Å². The van der Waals surface area contributed by atoms with Crippen LogP contribution in [0.4, 0.5) is 0 Å². The summed E-state index contributed by atoms with van der Waals surface area (Å²) in [5.41, 5.74) is 1.44. The van der Waals surface area contributed by atoms with Crippen LogP contribution in [0.15, 0.2) is 29.2 Å². The van der Waals surface area contributed by atoms with Gasteiger partial charge >= 0.3 is 0 Å². The van der Waals surface area contributed by atoms with Crippen LogP contribution in [0.5, 0.6) is 0 Å². The van der Waals surface area contributed by atoms with E-state index in [0.29, 0.717) is 12.1 Å². The number of hydrogen-bond donors (Lipinski definition) is 1. The van der Waals surface area contributed by atoms with Crippen LogP contribution in [0.2, 0.25) is 0 Å². The van der Waals surface area contributed by atoms with Crippen LogP contribution in [0.3, 0.4) is 0 Å². The minimum atomic E-state index is 0.660. The largest absolute Gasteiger partial charge is 0.311 e. The first-order valence-corrected chi connectivity index (χ1v) is 8.59. The molecule has 1 aromatic rings. The molecule has 1 fully saturated rings. The summed E-state index contributed by atoms with van der Waals surface area (Å²) in [5.74, 6) is 0. The fraction of sp³-hybridized carbons (Fsp3) is 0.625. The van der Waals surface area contributed by atoms with Gasteiger partial charge in [-0.25, -0.2) is 0 Å². The van der Waals surface area contributed by atoms with Crippen molar-refractivity contribution in [3.8, 4) is 0 Å². The summed E-state index contributed by atoms with van der Waals surface area (Å²) in [6.45, 7) is 7.97. The minimum absolute atomic E-state index is 0.660. The SMILES string of the molecule is CCC1CN(Cc2ccc(SC)cc2)C(CC)CN1. The third-order valence-corrected chi connectivity index (χ3v) is 4.87. The molecule has 1 aliphatic heterocycles. The maximum absolute atomic E-state index is 3.66. The number of benzene rings is 1. The van der Waals surface area contributed by atoms with Crippen LogP contribution in [-0.2, 0) is 6.54 Å². The van der Waals surface area contributed by atoms with E-state index in [9.17, 15) is 0 Å². The molecule has 0 spiro atoms. The second kappa shape index (κ2) is 7.32. The molecule has 0 aromatic heterocycles. The van der Waals surface area contributed by atoms with Crippen molar-refractivity contribution in [3.63, 3.8) is 0 Å². The third-order valence-electron chi connectivity index (χ3n) is 4.12. The van der Waals surface area contributed by atoms with Crippen molar-refractivity contribution in [1.29, 1.82) is 0 Å². The number of nitrogens with one attached hydrogen (secondary N) is 1. The summed E-state index contributed by atoms with van der Waals surface area (Å²) in [5, 5.41) is 3.66. The first-order chi connectivity index (χ1) is 9.26. The highest BCUT2D eigenvalue weighted by atomic mass is 32.2. The summed E-state index contributed by atoms with van der Waals surface area (Å²) in [6.07, 6.45) is 4.58. The van der Waals surface area contributed by atoms with E-state index < -0.39 is 0 Å². The first-order valence-electron chi connectivity index (χ1n) is 7.37. The predicted molar refractivity (Wildman–Crippen MR) is 84.8 cm³/mol. The normalized spacial score (nSPS) is 24.6. The molecule has 3 heteroatoms. The maximum Gasteiger partial charge on any atom is 0.0237 e. The molecule has 1 aromatic carbocycles. The number of piperazine rings is 1. The molecule has 0 radical (unpaired) electrons. The molecule has 19 heavy (non-hydrogen) atoms. The molecule has 1 saturated heterocycles. The lowest BCUT2D eigenvalue weighted by Gasteiger charge is -2.40. The highest BCUT2D eigenvalue weighted by molar-refractivity contribution is 7.98. The molecule has 2 atom stereocenters. The van der Waals surface area contributed by atoms with Gasteiger partial charge in [-0.15, -0.1) is 11.8 Å². The quantitative estimate of drug-likeness (QED) is 0.831. The molecule has 2 rings (SSSR count). The van der Waals surface area contributed by atoms with Gasteiger partial charge in [0.15, 0.2) is 0 Å². The third kappa shape index (κ3) is 3.98. The van der Waals surface area contributed by atoms with Gasteiger partial charge < -0.3 is 5.32 Å². The Labute approximate surface area is 122 Å². The Morgan fingerprint density at radius 2 is 1.95 bits per heavy atom. The molecule has 1 heterocycles. The van der Waals surface area contributed by atoms with Crippen LogP contribution in [0.25, 0.3) is 0 Å². The first kappa shape index (κ1) is 14.9. The zero-order valence-corrected chi connectivity index (χ0v) is 13.2. The Bertz CT molecular complexity index is 377. The van der Waals surface area contributed by atoms with Gasteiger partial charge in [-0.1, -0.05) is 26.0 Å². The number of nitrogens with zero attached hydrogens (tertiary/aromatic N) is 1. The molecule has 106 valence electrons. The van der Waals surface area contributed by atoms with Gasteiger partial charge in [-0.05, 0) is 36.8 Å². The number of hydrogen-bond acceptors (Lipinski definition) is 3. The standard InChI is InChI=1S/C16H26N2S/c1-4-14-12-18(15(5-2)10-17-14)11-13-6-8-16(19-3)9-7-13/h6-9,14-15,17H,4-5,10-12H2,1-3H3. The van der Waals surface area contributed by atoms with Crippen molar-refractivity contribution in [2.24, 2.45) is 0 Å². The van der Waals surface area contributed by atoms with Gasteiger partial charge in [0.25, 0.3) is 0 Å². The average molecular weight is 278 g/mol. The number of rotatable bonds is 5. The highest BCUT2D eigenvalue weighted by Gasteiger charge is 2.25. The van der Waals surface area contributed by atoms with E-state index in [0.717, 1.165) is 13.1 Å². The minimum Gasteiger partial charge on any atom is -0.311 e. The van der Waals surface area contributed by atoms with E-state index in [1.54, 1.807) is 0 Å². The van der Waals surface area contributed by atoms with Gasteiger partial charge in [0, 0.05) is 36.6 Å². The van der Waals surface area contributed by atoms with Crippen LogP contribution < -0.4 is 5.32 Å². The lowest BCUT2D eigenvalue weighted by molar-refractivity contribution is 0.117. The van der Waals surface area contributed by atoms with Gasteiger partial charge in [0.2, 0.25) is 0 Å². The molecule has 0 bridgehead atoms. The van der Waals surface area contributed by atoms with Crippen molar-refractivity contribution in [2.75, 3.05) is 19.3 Å². The summed E-state index contributed by atoms with van der Waals surface area (Å²) < 4.78 is 0. The summed E-state index contributed by atoms with van der Waals surface area (Å²) in [4.78, 5) is 4.00. The van der Waals surface area contributed by atoms with E-state index in [4.69, 9.17) is 0 Å². The lowest BCUT2D eigenvalue weighted by Crippen LogP contribution is -2.55. The van der Waals surface area contributed by atoms with Crippen molar-refractivity contribution in [1.82, 2.24) is 10.2 Å². The van der Waals surface area contributed by atoms with E-state index in [1.807, 2.05) is 11.8 Å². The zero-order valence-electron chi connectivity index (χ0n) is 12.4. The van der Waals surface area contributed by atoms with Gasteiger partial charge in [-0.3, -0.25) is 4.90 Å². The fourth-order valence-electron chi connectivity index (χ4n) is 2.76. The Morgan fingerprint density at radius 1 is 1.21 bits per heavy atom. The molecule has 0 amide bonds. The lowest BCUT2D eigenvalue weighted by atomic mass is 10.0. The van der Waals surface area contributed by atoms with Crippen molar-refractivity contribution >= 4 is 11.8 Å². The predicted octanol–water partition coefficient (Wildman–Crippen LogP) is 3.37. The average Bonchev–Trinajstić information content (AvgIpc) is 2.48. The van der Waals surface area contributed by atoms with E-state index in [2.05, 4.69) is 54.6 Å². The maximum atomic E-state index is 3.66. The zero-order chi connectivity index (χ0) is 13.7. The van der Waals surface area contributed by atoms with Crippen molar-refractivity contribution < 1.29 is 0 Å². The van der Waals surface area contributed by atoms with Crippen LogP contribution in [0, 0.1) is 0 Å². The summed E-state index contributed by atoms with van der Waals surface area (Å²) >= 11 is 1.81. The van der Waals surface area contributed by atoms with Gasteiger partial charge in [-0.2, -0.15) is 0 Å². The smallest absolute Gasteiger partial charge is 0.0237 e.